The van der Waals surface area contributed by atoms with Crippen molar-refractivity contribution in [3.8, 4) is 0 Å². The molecule has 0 N–H and O–H groups in total. The van der Waals surface area contributed by atoms with Gasteiger partial charge >= 0.3 is 0 Å². The minimum atomic E-state index is 0.606. The molecule has 0 aliphatic carbocycles. The van der Waals surface area contributed by atoms with E-state index in [9.17, 15) is 0 Å². The Hall–Kier alpha value is -1.76. The van der Waals surface area contributed by atoms with Gasteiger partial charge in [0.25, 0.3) is 0 Å². The predicted octanol–water partition coefficient (Wildman–Crippen LogP) is 4.13. The Bertz CT molecular complexity index is 805. The lowest BCUT2D eigenvalue weighted by atomic mass is 10.2. The first-order valence-electron chi connectivity index (χ1n) is 8.43. The fraction of sp³-hybridized carbons (Fsp3) is 0.368. The third kappa shape index (κ3) is 4.87. The molecule has 0 spiro atoms. The van der Waals surface area contributed by atoms with Crippen molar-refractivity contribution in [1.29, 1.82) is 0 Å². The molecule has 0 amide bonds. The minimum absolute atomic E-state index is 0.606. The monoisotopic (exact) mass is 403 g/mol. The van der Waals surface area contributed by atoms with Crippen molar-refractivity contribution >= 4 is 27.0 Å². The molecule has 1 heterocycles. The first-order chi connectivity index (χ1) is 12.3. The highest BCUT2D eigenvalue weighted by Crippen LogP contribution is 2.23. The zero-order valence-electron chi connectivity index (χ0n) is 14.3. The maximum Gasteiger partial charge on any atom is 0.117 e. The van der Waals surface area contributed by atoms with E-state index in [-0.39, 0.29) is 0 Å². The van der Waals surface area contributed by atoms with Crippen LogP contribution in [0.25, 0.3) is 11.0 Å². The average Bonchev–Trinajstić information content (AvgIpc) is 3.05. The first-order valence-corrected chi connectivity index (χ1v) is 9.23. The van der Waals surface area contributed by atoms with E-state index in [0.717, 1.165) is 34.0 Å². The van der Waals surface area contributed by atoms with Crippen molar-refractivity contribution in [2.24, 2.45) is 0 Å². The topological polar surface area (TPSA) is 49.2 Å². The van der Waals surface area contributed by atoms with Crippen molar-refractivity contribution in [1.82, 2.24) is 15.0 Å². The van der Waals surface area contributed by atoms with E-state index < -0.39 is 0 Å². The lowest BCUT2D eigenvalue weighted by Crippen LogP contribution is -2.08. The van der Waals surface area contributed by atoms with Crippen LogP contribution in [0.5, 0.6) is 0 Å². The summed E-state index contributed by atoms with van der Waals surface area (Å²) in [5.41, 5.74) is 4.31. The molecule has 0 fully saturated rings. The molecule has 0 aliphatic heterocycles. The van der Waals surface area contributed by atoms with E-state index in [0.29, 0.717) is 26.4 Å². The molecule has 6 heteroatoms. The maximum atomic E-state index is 5.63. The first kappa shape index (κ1) is 18.0. The van der Waals surface area contributed by atoms with Crippen LogP contribution in [0.4, 0.5) is 0 Å². The molecular weight excluding hydrogens is 382 g/mol. The van der Waals surface area contributed by atoms with Gasteiger partial charge in [-0.15, -0.1) is 5.10 Å². The van der Waals surface area contributed by atoms with Gasteiger partial charge in [-0.05, 0) is 36.6 Å². The predicted molar refractivity (Wildman–Crippen MR) is 101 cm³/mol. The SMILES string of the molecule is Cc1c(Br)ccc2c1nnn2CCCOCCOCc1ccccc1. The second-order valence-electron chi connectivity index (χ2n) is 5.86. The van der Waals surface area contributed by atoms with Gasteiger partial charge in [-0.25, -0.2) is 4.68 Å². The normalized spacial score (nSPS) is 11.3. The van der Waals surface area contributed by atoms with E-state index in [1.165, 1.54) is 5.56 Å². The summed E-state index contributed by atoms with van der Waals surface area (Å²) in [6.07, 6.45) is 0.895. The highest BCUT2D eigenvalue weighted by Gasteiger charge is 2.08. The summed E-state index contributed by atoms with van der Waals surface area (Å²) in [7, 11) is 0. The number of fused-ring (bicyclic) bond motifs is 1. The highest BCUT2D eigenvalue weighted by atomic mass is 79.9. The van der Waals surface area contributed by atoms with Gasteiger partial charge < -0.3 is 9.47 Å². The number of rotatable bonds is 9. The molecule has 0 unspecified atom stereocenters. The van der Waals surface area contributed by atoms with Crippen molar-refractivity contribution in [3.05, 3.63) is 58.1 Å². The smallest absolute Gasteiger partial charge is 0.117 e. The van der Waals surface area contributed by atoms with Gasteiger partial charge in [0.1, 0.15) is 5.52 Å². The number of benzene rings is 2. The fourth-order valence-corrected chi connectivity index (χ4v) is 2.93. The molecule has 5 nitrogen and oxygen atoms in total. The Morgan fingerprint density at radius 2 is 1.80 bits per heavy atom. The average molecular weight is 404 g/mol. The summed E-state index contributed by atoms with van der Waals surface area (Å²) >= 11 is 3.53. The highest BCUT2D eigenvalue weighted by molar-refractivity contribution is 9.10. The summed E-state index contributed by atoms with van der Waals surface area (Å²) in [5.74, 6) is 0. The zero-order chi connectivity index (χ0) is 17.5. The molecule has 2 aromatic carbocycles. The van der Waals surface area contributed by atoms with Crippen LogP contribution in [0.1, 0.15) is 17.5 Å². The lowest BCUT2D eigenvalue weighted by Gasteiger charge is -2.07. The van der Waals surface area contributed by atoms with Crippen molar-refractivity contribution in [2.75, 3.05) is 19.8 Å². The van der Waals surface area contributed by atoms with Gasteiger partial charge in [0, 0.05) is 17.6 Å². The van der Waals surface area contributed by atoms with Crippen LogP contribution in [0.2, 0.25) is 0 Å². The van der Waals surface area contributed by atoms with E-state index in [4.69, 9.17) is 9.47 Å². The second kappa shape index (κ2) is 9.08. The number of hydrogen-bond donors (Lipinski definition) is 0. The van der Waals surface area contributed by atoms with Crippen LogP contribution >= 0.6 is 15.9 Å². The van der Waals surface area contributed by atoms with E-state index in [1.54, 1.807) is 0 Å². The maximum absolute atomic E-state index is 5.63. The molecule has 3 aromatic rings. The molecule has 0 aliphatic rings. The van der Waals surface area contributed by atoms with Crippen LogP contribution in [0.3, 0.4) is 0 Å². The molecule has 3 rings (SSSR count). The number of hydrogen-bond acceptors (Lipinski definition) is 4. The molecule has 1 aromatic heterocycles. The number of nitrogens with zero attached hydrogens (tertiary/aromatic N) is 3. The molecule has 0 saturated heterocycles. The van der Waals surface area contributed by atoms with Gasteiger partial charge in [-0.3, -0.25) is 0 Å². The van der Waals surface area contributed by atoms with Gasteiger partial charge in [-0.1, -0.05) is 51.5 Å². The third-order valence-corrected chi connectivity index (χ3v) is 4.88. The number of aromatic nitrogens is 3. The third-order valence-electron chi connectivity index (χ3n) is 4.02. The summed E-state index contributed by atoms with van der Waals surface area (Å²) in [4.78, 5) is 0. The Kier molecular flexibility index (Phi) is 6.55. The standard InChI is InChI=1S/C19H22BrN3O2/c1-15-17(20)8-9-18-19(15)21-22-23(18)10-5-11-24-12-13-25-14-16-6-3-2-4-7-16/h2-4,6-9H,5,10-14H2,1H3. The summed E-state index contributed by atoms with van der Waals surface area (Å²) in [6.45, 7) is 5.37. The Morgan fingerprint density at radius 1 is 1.00 bits per heavy atom. The zero-order valence-corrected chi connectivity index (χ0v) is 15.9. The molecule has 0 atom stereocenters. The summed E-state index contributed by atoms with van der Waals surface area (Å²) in [5, 5.41) is 8.51. The van der Waals surface area contributed by atoms with Crippen LogP contribution in [0, 0.1) is 6.92 Å². The summed E-state index contributed by atoms with van der Waals surface area (Å²) < 4.78 is 14.2. The van der Waals surface area contributed by atoms with Gasteiger partial charge in [0.15, 0.2) is 0 Å². The number of ether oxygens (including phenoxy) is 2. The molecule has 25 heavy (non-hydrogen) atoms. The minimum Gasteiger partial charge on any atom is -0.379 e. The molecular formula is C19H22BrN3O2. The van der Waals surface area contributed by atoms with E-state index in [1.807, 2.05) is 41.9 Å². The molecule has 0 saturated carbocycles. The van der Waals surface area contributed by atoms with Crippen LogP contribution in [-0.2, 0) is 22.6 Å². The van der Waals surface area contributed by atoms with Gasteiger partial charge in [0.2, 0.25) is 0 Å². The number of aryl methyl sites for hydroxylation is 2. The van der Waals surface area contributed by atoms with Crippen LogP contribution in [0.15, 0.2) is 46.9 Å². The number of halogens is 1. The van der Waals surface area contributed by atoms with Crippen LogP contribution in [-0.4, -0.2) is 34.8 Å². The van der Waals surface area contributed by atoms with E-state index >= 15 is 0 Å². The Morgan fingerprint density at radius 3 is 2.64 bits per heavy atom. The van der Waals surface area contributed by atoms with Crippen LogP contribution < -0.4 is 0 Å². The molecule has 0 bridgehead atoms. The van der Waals surface area contributed by atoms with Crippen molar-refractivity contribution < 1.29 is 9.47 Å². The van der Waals surface area contributed by atoms with E-state index in [2.05, 4.69) is 38.4 Å². The van der Waals surface area contributed by atoms with Gasteiger partial charge in [-0.2, -0.15) is 0 Å². The second-order valence-corrected chi connectivity index (χ2v) is 6.71. The lowest BCUT2D eigenvalue weighted by molar-refractivity contribution is 0.0387. The Labute approximate surface area is 156 Å². The summed E-state index contributed by atoms with van der Waals surface area (Å²) in [6, 6.07) is 14.2. The van der Waals surface area contributed by atoms with Gasteiger partial charge in [0.05, 0.1) is 25.3 Å². The molecule has 0 radical (unpaired) electrons. The largest absolute Gasteiger partial charge is 0.379 e. The van der Waals surface area contributed by atoms with Crippen molar-refractivity contribution in [2.45, 2.75) is 26.5 Å². The Balaban J connectivity index is 1.33. The quantitative estimate of drug-likeness (QED) is 0.504. The fourth-order valence-electron chi connectivity index (χ4n) is 2.61. The van der Waals surface area contributed by atoms with Crippen molar-refractivity contribution in [3.63, 3.8) is 0 Å². The molecule has 132 valence electrons.